The van der Waals surface area contributed by atoms with Gasteiger partial charge in [0.2, 0.25) is 0 Å². The lowest BCUT2D eigenvalue weighted by molar-refractivity contribution is 0.193. The highest BCUT2D eigenvalue weighted by Crippen LogP contribution is 2.32. The van der Waals surface area contributed by atoms with Gasteiger partial charge in [0, 0.05) is 5.54 Å². The first-order valence-electron chi connectivity index (χ1n) is 5.69. The van der Waals surface area contributed by atoms with Crippen LogP contribution in [0.2, 0.25) is 0 Å². The first-order valence-corrected chi connectivity index (χ1v) is 5.69. The molecular formula is C12H25NO. The van der Waals surface area contributed by atoms with Crippen LogP contribution in [-0.4, -0.2) is 17.9 Å². The molecule has 2 heteroatoms. The minimum Gasteiger partial charge on any atom is -0.354 e. The first-order chi connectivity index (χ1) is 6.26. The maximum absolute atomic E-state index is 5.39. The summed E-state index contributed by atoms with van der Waals surface area (Å²) in [5.41, 5.74) is 0.587. The summed E-state index contributed by atoms with van der Waals surface area (Å²) in [5, 5.41) is 3.55. The Bertz CT molecular complexity index is 198. The van der Waals surface area contributed by atoms with Crippen molar-refractivity contribution in [2.75, 3.05) is 0 Å². The van der Waals surface area contributed by atoms with Gasteiger partial charge < -0.3 is 4.74 Å². The molecule has 1 aliphatic rings. The molecule has 2 unspecified atom stereocenters. The Morgan fingerprint density at radius 2 is 1.71 bits per heavy atom. The molecule has 1 aliphatic heterocycles. The fourth-order valence-corrected chi connectivity index (χ4v) is 2.09. The van der Waals surface area contributed by atoms with Gasteiger partial charge in [0.25, 0.3) is 0 Å². The molecule has 2 nitrogen and oxygen atoms in total. The SMILES string of the molecule is CCC(C)(C)CC(C)(C)NC1OC1C. The summed E-state index contributed by atoms with van der Waals surface area (Å²) in [7, 11) is 0. The molecule has 14 heavy (non-hydrogen) atoms. The average molecular weight is 199 g/mol. The van der Waals surface area contributed by atoms with Crippen molar-refractivity contribution in [3.63, 3.8) is 0 Å². The van der Waals surface area contributed by atoms with E-state index in [0.29, 0.717) is 11.5 Å². The summed E-state index contributed by atoms with van der Waals surface area (Å²) < 4.78 is 5.39. The van der Waals surface area contributed by atoms with E-state index in [1.54, 1.807) is 0 Å². The lowest BCUT2D eigenvalue weighted by Gasteiger charge is -2.34. The van der Waals surface area contributed by atoms with E-state index in [2.05, 4.69) is 46.9 Å². The van der Waals surface area contributed by atoms with E-state index >= 15 is 0 Å². The summed E-state index contributed by atoms with van der Waals surface area (Å²) >= 11 is 0. The number of nitrogens with one attached hydrogen (secondary N) is 1. The number of rotatable bonds is 5. The molecule has 1 N–H and O–H groups in total. The van der Waals surface area contributed by atoms with Gasteiger partial charge >= 0.3 is 0 Å². The molecule has 0 aliphatic carbocycles. The Kier molecular flexibility index (Phi) is 3.27. The summed E-state index contributed by atoms with van der Waals surface area (Å²) in [4.78, 5) is 0. The van der Waals surface area contributed by atoms with Gasteiger partial charge in [-0.3, -0.25) is 5.32 Å². The second-order valence-electron chi connectivity index (χ2n) is 5.98. The quantitative estimate of drug-likeness (QED) is 0.689. The molecule has 0 radical (unpaired) electrons. The predicted octanol–water partition coefficient (Wildman–Crippen LogP) is 2.93. The van der Waals surface area contributed by atoms with Crippen LogP contribution in [0, 0.1) is 5.41 Å². The van der Waals surface area contributed by atoms with Gasteiger partial charge in [-0.25, -0.2) is 0 Å². The van der Waals surface area contributed by atoms with Crippen molar-refractivity contribution in [1.82, 2.24) is 5.32 Å². The van der Waals surface area contributed by atoms with E-state index in [4.69, 9.17) is 4.74 Å². The number of epoxide rings is 1. The predicted molar refractivity (Wildman–Crippen MR) is 60.2 cm³/mol. The van der Waals surface area contributed by atoms with Crippen LogP contribution in [-0.2, 0) is 4.74 Å². The van der Waals surface area contributed by atoms with Gasteiger partial charge in [0.15, 0.2) is 0 Å². The molecule has 84 valence electrons. The van der Waals surface area contributed by atoms with Crippen LogP contribution in [0.25, 0.3) is 0 Å². The number of hydrogen-bond donors (Lipinski definition) is 1. The van der Waals surface area contributed by atoms with Crippen molar-refractivity contribution in [3.05, 3.63) is 0 Å². The normalized spacial score (nSPS) is 27.9. The van der Waals surface area contributed by atoms with Crippen molar-refractivity contribution in [2.24, 2.45) is 5.41 Å². The zero-order chi connectivity index (χ0) is 11.0. The molecule has 1 rings (SSSR count). The number of ether oxygens (including phenoxy) is 1. The Morgan fingerprint density at radius 1 is 1.21 bits per heavy atom. The topological polar surface area (TPSA) is 24.6 Å². The standard InChI is InChI=1S/C12H25NO/c1-7-11(3,4)8-12(5,6)13-10-9(2)14-10/h9-10,13H,7-8H2,1-6H3. The van der Waals surface area contributed by atoms with E-state index < -0.39 is 0 Å². The molecule has 1 fully saturated rings. The van der Waals surface area contributed by atoms with Crippen LogP contribution in [0.1, 0.15) is 54.4 Å². The molecule has 0 aromatic carbocycles. The molecule has 2 atom stereocenters. The van der Waals surface area contributed by atoms with E-state index in [0.717, 1.165) is 0 Å². The summed E-state index contributed by atoms with van der Waals surface area (Å²) in [6, 6.07) is 0. The Morgan fingerprint density at radius 3 is 2.07 bits per heavy atom. The van der Waals surface area contributed by atoms with Gasteiger partial charge in [-0.2, -0.15) is 0 Å². The van der Waals surface area contributed by atoms with Crippen molar-refractivity contribution in [3.8, 4) is 0 Å². The van der Waals surface area contributed by atoms with E-state index in [9.17, 15) is 0 Å². The van der Waals surface area contributed by atoms with Crippen molar-refractivity contribution in [1.29, 1.82) is 0 Å². The monoisotopic (exact) mass is 199 g/mol. The van der Waals surface area contributed by atoms with Crippen LogP contribution in [0.3, 0.4) is 0 Å². The Hall–Kier alpha value is -0.0800. The van der Waals surface area contributed by atoms with E-state index in [1.807, 2.05) is 0 Å². The second kappa shape index (κ2) is 3.82. The second-order valence-corrected chi connectivity index (χ2v) is 5.98. The molecule has 0 amide bonds. The maximum atomic E-state index is 5.39. The average Bonchev–Trinajstić information content (AvgIpc) is 2.62. The van der Waals surface area contributed by atoms with Gasteiger partial charge in [0.05, 0.1) is 6.10 Å². The molecule has 0 aromatic rings. The Balaban J connectivity index is 2.40. The smallest absolute Gasteiger partial charge is 0.135 e. The minimum absolute atomic E-state index is 0.176. The zero-order valence-corrected chi connectivity index (χ0v) is 10.5. The molecule has 0 aromatic heterocycles. The Labute approximate surface area is 88.4 Å². The van der Waals surface area contributed by atoms with E-state index in [1.165, 1.54) is 12.8 Å². The third-order valence-electron chi connectivity index (χ3n) is 3.12. The molecule has 1 saturated heterocycles. The third kappa shape index (κ3) is 3.58. The molecular weight excluding hydrogens is 174 g/mol. The van der Waals surface area contributed by atoms with Crippen LogP contribution in [0.15, 0.2) is 0 Å². The van der Waals surface area contributed by atoms with Crippen molar-refractivity contribution >= 4 is 0 Å². The van der Waals surface area contributed by atoms with Gasteiger partial charge in [-0.1, -0.05) is 27.2 Å². The van der Waals surface area contributed by atoms with Crippen molar-refractivity contribution < 1.29 is 4.74 Å². The summed E-state index contributed by atoms with van der Waals surface area (Å²) in [6.07, 6.45) is 3.10. The lowest BCUT2D eigenvalue weighted by atomic mass is 9.78. The fraction of sp³-hybridized carbons (Fsp3) is 1.00. The maximum Gasteiger partial charge on any atom is 0.135 e. The summed E-state index contributed by atoms with van der Waals surface area (Å²) in [5.74, 6) is 0. The highest BCUT2D eigenvalue weighted by Gasteiger charge is 2.39. The largest absolute Gasteiger partial charge is 0.354 e. The van der Waals surface area contributed by atoms with Gasteiger partial charge in [0.1, 0.15) is 6.23 Å². The fourth-order valence-electron chi connectivity index (χ4n) is 2.09. The molecule has 0 saturated carbocycles. The van der Waals surface area contributed by atoms with E-state index in [-0.39, 0.29) is 11.8 Å². The van der Waals surface area contributed by atoms with Gasteiger partial charge in [-0.05, 0) is 32.6 Å². The number of hydrogen-bond acceptors (Lipinski definition) is 2. The van der Waals surface area contributed by atoms with Crippen molar-refractivity contribution in [2.45, 2.75) is 72.3 Å². The van der Waals surface area contributed by atoms with Crippen LogP contribution in [0.4, 0.5) is 0 Å². The molecule has 1 heterocycles. The zero-order valence-electron chi connectivity index (χ0n) is 10.5. The lowest BCUT2D eigenvalue weighted by Crippen LogP contribution is -2.44. The highest BCUT2D eigenvalue weighted by molar-refractivity contribution is 4.90. The van der Waals surface area contributed by atoms with Crippen LogP contribution >= 0.6 is 0 Å². The molecule has 0 bridgehead atoms. The first kappa shape index (κ1) is 12.0. The molecule has 0 spiro atoms. The van der Waals surface area contributed by atoms with Gasteiger partial charge in [-0.15, -0.1) is 0 Å². The third-order valence-corrected chi connectivity index (χ3v) is 3.12. The minimum atomic E-state index is 0.176. The van der Waals surface area contributed by atoms with Crippen LogP contribution < -0.4 is 5.32 Å². The van der Waals surface area contributed by atoms with Crippen LogP contribution in [0.5, 0.6) is 0 Å². The highest BCUT2D eigenvalue weighted by atomic mass is 16.6. The summed E-state index contributed by atoms with van der Waals surface area (Å²) in [6.45, 7) is 13.5.